The molecule has 1 saturated heterocycles. The smallest absolute Gasteiger partial charge is 0.243 e. The van der Waals surface area contributed by atoms with E-state index >= 15 is 0 Å². The minimum Gasteiger partial charge on any atom is -0.310 e. The third-order valence-corrected chi connectivity index (χ3v) is 6.18. The minimum atomic E-state index is -3.33. The molecule has 1 aliphatic carbocycles. The molecule has 0 spiro atoms. The summed E-state index contributed by atoms with van der Waals surface area (Å²) in [7, 11) is -3.33. The number of benzene rings is 1. The summed E-state index contributed by atoms with van der Waals surface area (Å²) in [4.78, 5) is 0.432. The normalized spacial score (nSPS) is 24.1. The zero-order chi connectivity index (χ0) is 14.2. The van der Waals surface area contributed by atoms with Gasteiger partial charge in [-0.25, -0.2) is 8.42 Å². The molecule has 1 atom stereocenters. The fourth-order valence-corrected chi connectivity index (χ4v) is 4.54. The fraction of sp³-hybridized carbons (Fsp3) is 0.600. The number of rotatable bonds is 5. The van der Waals surface area contributed by atoms with Gasteiger partial charge < -0.3 is 5.32 Å². The van der Waals surface area contributed by atoms with E-state index in [-0.39, 0.29) is 6.04 Å². The van der Waals surface area contributed by atoms with Crippen LogP contribution in [0.15, 0.2) is 29.2 Å². The summed E-state index contributed by atoms with van der Waals surface area (Å²) in [5, 5.41) is 3.42. The second-order valence-electron chi connectivity index (χ2n) is 5.91. The highest BCUT2D eigenvalue weighted by Crippen LogP contribution is 2.26. The van der Waals surface area contributed by atoms with Crippen molar-refractivity contribution in [1.29, 1.82) is 0 Å². The van der Waals surface area contributed by atoms with Crippen molar-refractivity contribution in [3.05, 3.63) is 29.8 Å². The number of hydrogen-bond acceptors (Lipinski definition) is 3. The predicted octanol–water partition coefficient (Wildman–Crippen LogP) is 2.11. The van der Waals surface area contributed by atoms with Gasteiger partial charge in [0.1, 0.15) is 0 Å². The van der Waals surface area contributed by atoms with Crippen molar-refractivity contribution in [3.63, 3.8) is 0 Å². The molecule has 3 rings (SSSR count). The molecule has 0 radical (unpaired) electrons. The molecule has 1 N–H and O–H groups in total. The molecule has 2 aliphatic rings. The molecule has 1 aromatic rings. The van der Waals surface area contributed by atoms with E-state index in [1.807, 2.05) is 25.1 Å². The molecule has 0 aromatic heterocycles. The van der Waals surface area contributed by atoms with Gasteiger partial charge in [0.25, 0.3) is 0 Å². The summed E-state index contributed by atoms with van der Waals surface area (Å²) < 4.78 is 26.9. The summed E-state index contributed by atoms with van der Waals surface area (Å²) >= 11 is 0. The Hall–Kier alpha value is -0.910. The third-order valence-electron chi connectivity index (χ3n) is 4.17. The van der Waals surface area contributed by atoms with Gasteiger partial charge in [0.2, 0.25) is 10.0 Å². The van der Waals surface area contributed by atoms with E-state index in [2.05, 4.69) is 5.32 Å². The summed E-state index contributed by atoms with van der Waals surface area (Å²) in [5.74, 6) is 0. The molecule has 110 valence electrons. The van der Waals surface area contributed by atoms with Crippen LogP contribution in [-0.4, -0.2) is 31.4 Å². The van der Waals surface area contributed by atoms with E-state index in [4.69, 9.17) is 0 Å². The average molecular weight is 294 g/mol. The van der Waals surface area contributed by atoms with Gasteiger partial charge in [0.05, 0.1) is 4.90 Å². The van der Waals surface area contributed by atoms with E-state index < -0.39 is 10.0 Å². The Balaban J connectivity index is 1.79. The van der Waals surface area contributed by atoms with Gasteiger partial charge in [-0.05, 0) is 50.3 Å². The van der Waals surface area contributed by atoms with Gasteiger partial charge >= 0.3 is 0 Å². The highest BCUT2D eigenvalue weighted by atomic mass is 32.2. The van der Waals surface area contributed by atoms with Crippen LogP contribution in [0.25, 0.3) is 0 Å². The zero-order valence-electron chi connectivity index (χ0n) is 11.9. The van der Waals surface area contributed by atoms with Crippen LogP contribution in [0.4, 0.5) is 0 Å². The van der Waals surface area contributed by atoms with Crippen LogP contribution in [0.5, 0.6) is 0 Å². The Morgan fingerprint density at radius 3 is 2.75 bits per heavy atom. The average Bonchev–Trinajstić information content (AvgIpc) is 3.17. The summed E-state index contributed by atoms with van der Waals surface area (Å²) in [6.45, 7) is 3.39. The van der Waals surface area contributed by atoms with Crippen molar-refractivity contribution in [2.75, 3.05) is 6.54 Å². The van der Waals surface area contributed by atoms with Crippen molar-refractivity contribution >= 4 is 10.0 Å². The highest BCUT2D eigenvalue weighted by molar-refractivity contribution is 7.89. The Bertz CT molecular complexity index is 581. The van der Waals surface area contributed by atoms with Crippen LogP contribution in [-0.2, 0) is 16.6 Å². The van der Waals surface area contributed by atoms with Gasteiger partial charge in [-0.1, -0.05) is 12.1 Å². The Labute approximate surface area is 121 Å². The first-order valence-corrected chi connectivity index (χ1v) is 8.85. The maximum Gasteiger partial charge on any atom is 0.243 e. The predicted molar refractivity (Wildman–Crippen MR) is 78.9 cm³/mol. The summed E-state index contributed by atoms with van der Waals surface area (Å²) in [5.41, 5.74) is 1.05. The molecular weight excluding hydrogens is 272 g/mol. The first-order chi connectivity index (χ1) is 9.57. The molecule has 4 nitrogen and oxygen atoms in total. The molecule has 1 saturated carbocycles. The summed E-state index contributed by atoms with van der Waals surface area (Å²) in [6, 6.07) is 8.11. The van der Waals surface area contributed by atoms with Crippen molar-refractivity contribution < 1.29 is 8.42 Å². The molecule has 2 fully saturated rings. The fourth-order valence-electron chi connectivity index (χ4n) is 2.76. The molecule has 1 heterocycles. The molecule has 20 heavy (non-hydrogen) atoms. The van der Waals surface area contributed by atoms with Crippen LogP contribution in [0.3, 0.4) is 0 Å². The zero-order valence-corrected chi connectivity index (χ0v) is 12.7. The molecule has 1 aliphatic heterocycles. The van der Waals surface area contributed by atoms with Crippen LogP contribution in [0, 0.1) is 0 Å². The largest absolute Gasteiger partial charge is 0.310 e. The second-order valence-corrected chi connectivity index (χ2v) is 7.80. The molecule has 1 unspecified atom stereocenters. The monoisotopic (exact) mass is 294 g/mol. The van der Waals surface area contributed by atoms with E-state index in [1.165, 1.54) is 12.8 Å². The van der Waals surface area contributed by atoms with Gasteiger partial charge in [0.15, 0.2) is 0 Å². The van der Waals surface area contributed by atoms with Crippen LogP contribution < -0.4 is 5.32 Å². The summed E-state index contributed by atoms with van der Waals surface area (Å²) in [6.07, 6.45) is 4.40. The first kappa shape index (κ1) is 14.0. The van der Waals surface area contributed by atoms with E-state index in [0.29, 0.717) is 17.5 Å². The lowest BCUT2D eigenvalue weighted by molar-refractivity contribution is 0.408. The minimum absolute atomic E-state index is 0.119. The molecule has 0 amide bonds. The Morgan fingerprint density at radius 1 is 1.30 bits per heavy atom. The topological polar surface area (TPSA) is 49.4 Å². The highest BCUT2D eigenvalue weighted by Gasteiger charge is 2.32. The van der Waals surface area contributed by atoms with Gasteiger partial charge in [-0.2, -0.15) is 4.31 Å². The van der Waals surface area contributed by atoms with Gasteiger partial charge in [-0.15, -0.1) is 0 Å². The van der Waals surface area contributed by atoms with Gasteiger partial charge in [0, 0.05) is 25.2 Å². The third kappa shape index (κ3) is 2.90. The van der Waals surface area contributed by atoms with Crippen molar-refractivity contribution in [3.8, 4) is 0 Å². The van der Waals surface area contributed by atoms with E-state index in [1.54, 1.807) is 10.4 Å². The lowest BCUT2D eigenvalue weighted by Crippen LogP contribution is -2.33. The van der Waals surface area contributed by atoms with Crippen molar-refractivity contribution in [2.24, 2.45) is 0 Å². The number of nitrogens with one attached hydrogen (secondary N) is 1. The number of hydrogen-bond donors (Lipinski definition) is 1. The Kier molecular flexibility index (Phi) is 3.84. The molecule has 1 aromatic carbocycles. The van der Waals surface area contributed by atoms with E-state index in [0.717, 1.165) is 24.9 Å². The maximum absolute atomic E-state index is 12.7. The van der Waals surface area contributed by atoms with Crippen molar-refractivity contribution in [1.82, 2.24) is 9.62 Å². The lowest BCUT2D eigenvalue weighted by atomic mass is 10.2. The number of nitrogens with zero attached hydrogens (tertiary/aromatic N) is 1. The molecular formula is C15H22N2O2S. The number of sulfonamides is 1. The van der Waals surface area contributed by atoms with E-state index in [9.17, 15) is 8.42 Å². The van der Waals surface area contributed by atoms with Gasteiger partial charge in [-0.3, -0.25) is 0 Å². The second kappa shape index (κ2) is 5.47. The molecule has 5 heteroatoms. The van der Waals surface area contributed by atoms with Crippen molar-refractivity contribution in [2.45, 2.75) is 56.1 Å². The standard InChI is InChI=1S/C15H22N2O2S/c1-12-4-3-9-17(12)20(18,19)15-6-2-5-13(10-15)11-16-14-7-8-14/h2,5-6,10,12,14,16H,3-4,7-9,11H2,1H3. The van der Waals surface area contributed by atoms with Crippen LogP contribution in [0.2, 0.25) is 0 Å². The first-order valence-electron chi connectivity index (χ1n) is 7.41. The van der Waals surface area contributed by atoms with Crippen LogP contribution in [0.1, 0.15) is 38.2 Å². The maximum atomic E-state index is 12.7. The van der Waals surface area contributed by atoms with Crippen LogP contribution >= 0.6 is 0 Å². The Morgan fingerprint density at radius 2 is 2.10 bits per heavy atom. The quantitative estimate of drug-likeness (QED) is 0.905. The molecule has 0 bridgehead atoms. The SMILES string of the molecule is CC1CCCN1S(=O)(=O)c1cccc(CNC2CC2)c1. The lowest BCUT2D eigenvalue weighted by Gasteiger charge is -2.21.